The highest BCUT2D eigenvalue weighted by Gasteiger charge is 2.50. The molecule has 0 amide bonds. The third-order valence-electron chi connectivity index (χ3n) is 7.93. The Labute approximate surface area is 288 Å². The third kappa shape index (κ3) is 10.8. The average Bonchev–Trinajstić information content (AvgIpc) is 3.48. The van der Waals surface area contributed by atoms with Crippen LogP contribution in [0.5, 0.6) is 0 Å². The molecule has 49 heavy (non-hydrogen) atoms. The van der Waals surface area contributed by atoms with E-state index in [-0.39, 0.29) is 26.4 Å². The number of ether oxygens (including phenoxy) is 4. The summed E-state index contributed by atoms with van der Waals surface area (Å²) in [5, 5.41) is 0. The lowest BCUT2D eigenvalue weighted by Crippen LogP contribution is -2.39. The van der Waals surface area contributed by atoms with E-state index in [9.17, 15) is 4.57 Å². The van der Waals surface area contributed by atoms with Crippen LogP contribution in [0.25, 0.3) is 0 Å². The van der Waals surface area contributed by atoms with Gasteiger partial charge in [-0.15, -0.1) is 0 Å². The van der Waals surface area contributed by atoms with Gasteiger partial charge in [-0.05, 0) is 27.8 Å². The van der Waals surface area contributed by atoms with Crippen molar-refractivity contribution < 1.29 is 37.1 Å². The summed E-state index contributed by atoms with van der Waals surface area (Å²) in [7, 11) is -4.24. The highest BCUT2D eigenvalue weighted by Crippen LogP contribution is 2.54. The summed E-state index contributed by atoms with van der Waals surface area (Å²) in [6.45, 7) is 1.12. The molecule has 1 heterocycles. The number of hydrogen-bond acceptors (Lipinski definition) is 8. The van der Waals surface area contributed by atoms with Crippen LogP contribution >= 0.6 is 7.82 Å². The number of benzene rings is 5. The molecular formula is C40H41O8P. The van der Waals surface area contributed by atoms with Crippen molar-refractivity contribution in [2.45, 2.75) is 57.6 Å². The molecule has 9 heteroatoms. The maximum absolute atomic E-state index is 14.5. The van der Waals surface area contributed by atoms with Gasteiger partial charge < -0.3 is 18.9 Å². The van der Waals surface area contributed by atoms with Gasteiger partial charge >= 0.3 is 7.82 Å². The van der Waals surface area contributed by atoms with Crippen molar-refractivity contribution in [3.8, 4) is 0 Å². The van der Waals surface area contributed by atoms with Gasteiger partial charge in [0.2, 0.25) is 0 Å². The molecular weight excluding hydrogens is 639 g/mol. The van der Waals surface area contributed by atoms with Gasteiger partial charge in [0.1, 0.15) is 18.3 Å². The van der Waals surface area contributed by atoms with E-state index in [1.165, 1.54) is 0 Å². The minimum absolute atomic E-state index is 0.00666. The highest BCUT2D eigenvalue weighted by molar-refractivity contribution is 7.48. The molecule has 0 aliphatic carbocycles. The van der Waals surface area contributed by atoms with Gasteiger partial charge in [0, 0.05) is 0 Å². The van der Waals surface area contributed by atoms with Crippen LogP contribution in [0.3, 0.4) is 0 Å². The van der Waals surface area contributed by atoms with Gasteiger partial charge in [0.25, 0.3) is 0 Å². The van der Waals surface area contributed by atoms with Gasteiger partial charge in [-0.1, -0.05) is 152 Å². The van der Waals surface area contributed by atoms with Crippen LogP contribution in [0.15, 0.2) is 152 Å². The Morgan fingerprint density at radius 1 is 0.469 bits per heavy atom. The zero-order valence-corrected chi connectivity index (χ0v) is 28.1. The van der Waals surface area contributed by atoms with Crippen molar-refractivity contribution in [1.29, 1.82) is 0 Å². The molecule has 0 unspecified atom stereocenters. The van der Waals surface area contributed by atoms with Crippen molar-refractivity contribution >= 4 is 7.82 Å². The Balaban J connectivity index is 1.25. The largest absolute Gasteiger partial charge is 0.477 e. The Bertz CT molecular complexity index is 1650. The molecule has 4 atom stereocenters. The number of hydrogen-bond donors (Lipinski definition) is 0. The van der Waals surface area contributed by atoms with E-state index in [0.29, 0.717) is 13.2 Å². The second kappa shape index (κ2) is 18.2. The van der Waals surface area contributed by atoms with Crippen molar-refractivity contribution in [2.75, 3.05) is 6.61 Å². The summed E-state index contributed by atoms with van der Waals surface area (Å²) >= 11 is 0. The first-order valence-electron chi connectivity index (χ1n) is 16.4. The van der Waals surface area contributed by atoms with Crippen LogP contribution in [0.2, 0.25) is 0 Å². The molecule has 6 rings (SSSR count). The fourth-order valence-corrected chi connectivity index (χ4v) is 6.60. The minimum Gasteiger partial charge on any atom is -0.374 e. The van der Waals surface area contributed by atoms with Crippen molar-refractivity contribution in [3.05, 3.63) is 179 Å². The van der Waals surface area contributed by atoms with Crippen LogP contribution in [0.4, 0.5) is 0 Å². The van der Waals surface area contributed by atoms with E-state index in [0.717, 1.165) is 27.8 Å². The maximum atomic E-state index is 14.5. The molecule has 0 spiro atoms. The summed E-state index contributed by atoms with van der Waals surface area (Å²) in [5.74, 6) is 0. The Morgan fingerprint density at radius 3 is 1.27 bits per heavy atom. The lowest BCUT2D eigenvalue weighted by atomic mass is 10.1. The Kier molecular flexibility index (Phi) is 12.9. The lowest BCUT2D eigenvalue weighted by molar-refractivity contribution is -0.151. The Hall–Kier alpha value is -3.95. The molecule has 5 aromatic rings. The smallest absolute Gasteiger partial charge is 0.374 e. The van der Waals surface area contributed by atoms with Gasteiger partial charge in [-0.25, -0.2) is 4.57 Å². The summed E-state index contributed by atoms with van der Waals surface area (Å²) in [6, 6.07) is 48.5. The minimum atomic E-state index is -4.24. The molecule has 8 nitrogen and oxygen atoms in total. The predicted octanol–water partition coefficient (Wildman–Crippen LogP) is 8.66. The molecule has 0 aromatic heterocycles. The van der Waals surface area contributed by atoms with Crippen LogP contribution in [0.1, 0.15) is 27.8 Å². The molecule has 0 radical (unpaired) electrons. The SMILES string of the molecule is O=P(OCc1ccccc1)(OCc1ccccc1)O[C@@H]1O[C@H](COCc2ccccc2)[C@@H](OCc2ccccc2)[C@H]1OCc1ccccc1. The standard InChI is InChI=1S/C40H41O8P/c41-49(45-29-35-22-12-4-13-23-35,46-30-36-24-14-5-15-25-36)48-40-39(44-28-34-20-10-3-11-21-34)38(43-27-33-18-8-2-9-19-33)37(47-40)31-42-26-32-16-6-1-7-17-32/h1-25,37-40H,26-31H2/t37-,38-,39-,40+/m1/s1. The lowest BCUT2D eigenvalue weighted by Gasteiger charge is -2.27. The zero-order chi connectivity index (χ0) is 33.6. The summed E-state index contributed by atoms with van der Waals surface area (Å²) in [5.41, 5.74) is 4.60. The summed E-state index contributed by atoms with van der Waals surface area (Å²) in [6.07, 6.45) is -3.22. The van der Waals surface area contributed by atoms with E-state index in [2.05, 4.69) is 0 Å². The first-order valence-corrected chi connectivity index (χ1v) is 17.8. The molecule has 0 N–H and O–H groups in total. The first kappa shape index (κ1) is 34.9. The predicted molar refractivity (Wildman–Crippen MR) is 186 cm³/mol. The van der Waals surface area contributed by atoms with Gasteiger partial charge in [-0.2, -0.15) is 0 Å². The second-order valence-corrected chi connectivity index (χ2v) is 13.3. The van der Waals surface area contributed by atoms with Crippen molar-refractivity contribution in [2.24, 2.45) is 0 Å². The molecule has 0 saturated carbocycles. The molecule has 1 fully saturated rings. The third-order valence-corrected chi connectivity index (χ3v) is 9.29. The first-order chi connectivity index (χ1) is 24.1. The summed E-state index contributed by atoms with van der Waals surface area (Å²) < 4.78 is 58.3. The molecule has 1 aliphatic heterocycles. The molecule has 5 aromatic carbocycles. The van der Waals surface area contributed by atoms with E-state index < -0.39 is 32.4 Å². The zero-order valence-electron chi connectivity index (χ0n) is 27.2. The quantitative estimate of drug-likeness (QED) is 0.0851. The van der Waals surface area contributed by atoms with E-state index in [1.807, 2.05) is 152 Å². The van der Waals surface area contributed by atoms with Crippen molar-refractivity contribution in [3.63, 3.8) is 0 Å². The fraction of sp³-hybridized carbons (Fsp3) is 0.250. The number of phosphoric ester groups is 1. The normalized spacial score (nSPS) is 19.2. The second-order valence-electron chi connectivity index (χ2n) is 11.6. The topological polar surface area (TPSA) is 81.7 Å². The average molecular weight is 681 g/mol. The maximum Gasteiger partial charge on any atom is 0.477 e. The van der Waals surface area contributed by atoms with Crippen LogP contribution in [-0.2, 0) is 70.1 Å². The van der Waals surface area contributed by atoms with Crippen LogP contribution < -0.4 is 0 Å². The van der Waals surface area contributed by atoms with Gasteiger partial charge in [0.15, 0.2) is 6.29 Å². The summed E-state index contributed by atoms with van der Waals surface area (Å²) in [4.78, 5) is 0. The van der Waals surface area contributed by atoms with Gasteiger partial charge in [0.05, 0.1) is 39.6 Å². The molecule has 254 valence electrons. The van der Waals surface area contributed by atoms with E-state index in [1.54, 1.807) is 0 Å². The Morgan fingerprint density at radius 2 is 0.837 bits per heavy atom. The van der Waals surface area contributed by atoms with Crippen molar-refractivity contribution in [1.82, 2.24) is 0 Å². The van der Waals surface area contributed by atoms with Crippen LogP contribution in [-0.4, -0.2) is 31.2 Å². The number of phosphoric acid groups is 1. The molecule has 0 bridgehead atoms. The molecule has 1 saturated heterocycles. The molecule has 1 aliphatic rings. The fourth-order valence-electron chi connectivity index (χ4n) is 5.37. The highest BCUT2D eigenvalue weighted by atomic mass is 31.2. The van der Waals surface area contributed by atoms with Crippen LogP contribution in [0, 0.1) is 0 Å². The van der Waals surface area contributed by atoms with E-state index in [4.69, 9.17) is 32.5 Å². The number of rotatable bonds is 18. The monoisotopic (exact) mass is 680 g/mol. The van der Waals surface area contributed by atoms with Gasteiger partial charge in [-0.3, -0.25) is 13.6 Å². The van der Waals surface area contributed by atoms with E-state index >= 15 is 0 Å².